The smallest absolute Gasteiger partial charge is 0.220 e. The summed E-state index contributed by atoms with van der Waals surface area (Å²) in [5, 5.41) is 120. The highest BCUT2D eigenvalue weighted by Crippen LogP contribution is 2.33. The fraction of sp³-hybridized carbons (Fsp3) is 0.917. The maximum Gasteiger partial charge on any atom is 0.220 e. The van der Waals surface area contributed by atoms with E-state index in [9.17, 15) is 61.0 Å². The molecule has 3 fully saturated rings. The molecule has 19 nitrogen and oxygen atoms in total. The van der Waals surface area contributed by atoms with Gasteiger partial charge in [0.15, 0.2) is 18.9 Å². The van der Waals surface area contributed by atoms with Gasteiger partial charge in [-0.2, -0.15) is 0 Å². The number of ether oxygens (including phenoxy) is 6. The summed E-state index contributed by atoms with van der Waals surface area (Å²) in [6, 6.07) is -0.985. The van der Waals surface area contributed by atoms with E-state index in [1.54, 1.807) is 6.08 Å². The van der Waals surface area contributed by atoms with E-state index in [0.717, 1.165) is 38.5 Å². The van der Waals surface area contributed by atoms with Crippen LogP contribution in [0.15, 0.2) is 24.3 Å². The molecule has 3 rings (SSSR count). The lowest BCUT2D eigenvalue weighted by molar-refractivity contribution is -0.379. The van der Waals surface area contributed by atoms with Gasteiger partial charge in [0.25, 0.3) is 0 Å². The molecule has 1 amide bonds. The lowest BCUT2D eigenvalue weighted by atomic mass is 9.96. The SMILES string of the molecule is CCCCCCCCCC/C=C/CC/C=C/C(O)C(COC1OC(CO)C(OC2OC(CO)C(OC3OC(CO)C(O)C(O)C3O)C(O)C2O)C(O)C1O)NC(=O)CCCCCCCCCCCCCCCCCCCCCC. The lowest BCUT2D eigenvalue weighted by Crippen LogP contribution is -2.66. The quantitative estimate of drug-likeness (QED) is 0.0248. The number of hydrogen-bond acceptors (Lipinski definition) is 18. The molecule has 19 heteroatoms. The molecule has 0 aliphatic carbocycles. The Kier molecular flexibility index (Phi) is 39.7. The predicted molar refractivity (Wildman–Crippen MR) is 300 cm³/mol. The Balaban J connectivity index is 1.49. The van der Waals surface area contributed by atoms with Crippen molar-refractivity contribution in [3.05, 3.63) is 24.3 Å². The first-order valence-corrected chi connectivity index (χ1v) is 31.1. The van der Waals surface area contributed by atoms with E-state index in [4.69, 9.17) is 28.4 Å². The first-order chi connectivity index (χ1) is 38.3. The number of amides is 1. The minimum absolute atomic E-state index is 0.240. The number of allylic oxidation sites excluding steroid dienone is 3. The predicted octanol–water partition coefficient (Wildman–Crippen LogP) is 5.93. The average molecular weight is 1130 g/mol. The van der Waals surface area contributed by atoms with Gasteiger partial charge in [0.1, 0.15) is 73.2 Å². The second-order valence-corrected chi connectivity index (χ2v) is 22.5. The monoisotopic (exact) mass is 1130 g/mol. The second-order valence-electron chi connectivity index (χ2n) is 22.5. The fourth-order valence-electron chi connectivity index (χ4n) is 10.6. The Morgan fingerprint density at radius 2 is 0.810 bits per heavy atom. The standard InChI is InChI=1S/C60H111NO18/c1-3-5-7-9-11-13-15-17-19-20-21-22-23-24-26-28-30-32-34-36-38-48(66)61-43(44(65)37-35-33-31-29-27-25-18-16-14-12-10-8-6-4-2)42-74-58-54(72)51(69)56(46(40-63)76-58)79-60-55(73)52(70)57(47(41-64)77-60)78-59-53(71)50(68)49(67)45(39-62)75-59/h27,29,35,37,43-47,49-60,62-65,67-73H,3-26,28,30-34,36,38-42H2,1-2H3,(H,61,66)/b29-27+,37-35+. The van der Waals surface area contributed by atoms with Crippen molar-refractivity contribution in [1.29, 1.82) is 0 Å². The highest BCUT2D eigenvalue weighted by atomic mass is 16.8. The summed E-state index contributed by atoms with van der Waals surface area (Å²) >= 11 is 0. The van der Waals surface area contributed by atoms with E-state index in [-0.39, 0.29) is 18.9 Å². The first kappa shape index (κ1) is 71.5. The molecule has 464 valence electrons. The van der Waals surface area contributed by atoms with Crippen molar-refractivity contribution in [1.82, 2.24) is 5.32 Å². The van der Waals surface area contributed by atoms with E-state index in [1.807, 2.05) is 6.08 Å². The van der Waals surface area contributed by atoms with Gasteiger partial charge in [0.05, 0.1) is 38.6 Å². The minimum Gasteiger partial charge on any atom is -0.394 e. The highest BCUT2D eigenvalue weighted by molar-refractivity contribution is 5.76. The number of unbranched alkanes of at least 4 members (excludes halogenated alkanes) is 28. The van der Waals surface area contributed by atoms with Crippen LogP contribution in [0.5, 0.6) is 0 Å². The molecule has 3 aliphatic rings. The van der Waals surface area contributed by atoms with Crippen molar-refractivity contribution < 1.29 is 89.4 Å². The number of nitrogens with one attached hydrogen (secondary N) is 1. The van der Waals surface area contributed by atoms with Crippen LogP contribution in [0.3, 0.4) is 0 Å². The van der Waals surface area contributed by atoms with E-state index in [1.165, 1.54) is 148 Å². The van der Waals surface area contributed by atoms with Crippen molar-refractivity contribution >= 4 is 5.91 Å². The van der Waals surface area contributed by atoms with Crippen molar-refractivity contribution in [2.24, 2.45) is 0 Å². The molecule has 0 spiro atoms. The maximum absolute atomic E-state index is 13.3. The third-order valence-electron chi connectivity index (χ3n) is 15.8. The van der Waals surface area contributed by atoms with Crippen LogP contribution in [0.25, 0.3) is 0 Å². The molecule has 3 saturated heterocycles. The molecule has 0 bridgehead atoms. The largest absolute Gasteiger partial charge is 0.394 e. The van der Waals surface area contributed by atoms with Crippen LogP contribution in [0, 0.1) is 0 Å². The summed E-state index contributed by atoms with van der Waals surface area (Å²) in [6.45, 7) is 1.71. The zero-order valence-electron chi connectivity index (χ0n) is 48.4. The lowest BCUT2D eigenvalue weighted by Gasteiger charge is -2.48. The topological polar surface area (TPSA) is 307 Å². The van der Waals surface area contributed by atoms with E-state index in [2.05, 4.69) is 31.3 Å². The molecular formula is C60H111NO18. The first-order valence-electron chi connectivity index (χ1n) is 31.1. The maximum atomic E-state index is 13.3. The van der Waals surface area contributed by atoms with E-state index in [0.29, 0.717) is 12.8 Å². The van der Waals surface area contributed by atoms with Crippen molar-refractivity contribution in [3.63, 3.8) is 0 Å². The summed E-state index contributed by atoms with van der Waals surface area (Å²) in [7, 11) is 0. The molecule has 0 saturated carbocycles. The summed E-state index contributed by atoms with van der Waals surface area (Å²) < 4.78 is 34.2. The number of carbonyl (C=O) groups excluding carboxylic acids is 1. The summed E-state index contributed by atoms with van der Waals surface area (Å²) in [5.41, 5.74) is 0. The number of aliphatic hydroxyl groups is 11. The van der Waals surface area contributed by atoms with E-state index >= 15 is 0 Å². The normalized spacial score (nSPS) is 30.4. The molecule has 17 atom stereocenters. The number of hydrogen-bond donors (Lipinski definition) is 12. The molecule has 0 aromatic heterocycles. The Hall–Kier alpha value is -1.73. The molecular weight excluding hydrogens is 1020 g/mol. The minimum atomic E-state index is -1.98. The number of aliphatic hydroxyl groups excluding tert-OH is 11. The zero-order chi connectivity index (χ0) is 57.6. The van der Waals surface area contributed by atoms with Crippen molar-refractivity contribution in [3.8, 4) is 0 Å². The molecule has 0 aromatic carbocycles. The average Bonchev–Trinajstić information content (AvgIpc) is 3.57. The van der Waals surface area contributed by atoms with Gasteiger partial charge in [0.2, 0.25) is 5.91 Å². The Morgan fingerprint density at radius 1 is 0.443 bits per heavy atom. The van der Waals surface area contributed by atoms with Crippen LogP contribution >= 0.6 is 0 Å². The number of carbonyl (C=O) groups is 1. The van der Waals surface area contributed by atoms with Crippen LogP contribution in [0.2, 0.25) is 0 Å². The zero-order valence-corrected chi connectivity index (χ0v) is 48.4. The van der Waals surface area contributed by atoms with Gasteiger partial charge in [-0.05, 0) is 32.1 Å². The Bertz CT molecular complexity index is 1540. The molecule has 0 aromatic rings. The summed E-state index contributed by atoms with van der Waals surface area (Å²) in [5.74, 6) is -0.283. The number of rotatable bonds is 46. The van der Waals surface area contributed by atoms with Gasteiger partial charge in [-0.15, -0.1) is 0 Å². The Morgan fingerprint density at radius 3 is 1.27 bits per heavy atom. The van der Waals surface area contributed by atoms with Gasteiger partial charge in [-0.3, -0.25) is 4.79 Å². The van der Waals surface area contributed by atoms with Gasteiger partial charge < -0.3 is 89.9 Å². The molecule has 3 aliphatic heterocycles. The van der Waals surface area contributed by atoms with Crippen LogP contribution < -0.4 is 5.32 Å². The van der Waals surface area contributed by atoms with Crippen LogP contribution in [0.1, 0.15) is 219 Å². The van der Waals surface area contributed by atoms with Crippen LogP contribution in [-0.2, 0) is 33.2 Å². The summed E-state index contributed by atoms with van der Waals surface area (Å²) in [4.78, 5) is 13.3. The summed E-state index contributed by atoms with van der Waals surface area (Å²) in [6.07, 6.45) is 18.8. The van der Waals surface area contributed by atoms with Crippen LogP contribution in [0.4, 0.5) is 0 Å². The van der Waals surface area contributed by atoms with Crippen molar-refractivity contribution in [2.75, 3.05) is 26.4 Å². The van der Waals surface area contributed by atoms with Crippen molar-refractivity contribution in [2.45, 2.75) is 324 Å². The highest BCUT2D eigenvalue weighted by Gasteiger charge is 2.53. The second kappa shape index (κ2) is 43.8. The van der Waals surface area contributed by atoms with Gasteiger partial charge in [0, 0.05) is 6.42 Å². The third-order valence-corrected chi connectivity index (χ3v) is 15.8. The molecule has 3 heterocycles. The van der Waals surface area contributed by atoms with Gasteiger partial charge in [-0.1, -0.05) is 205 Å². The van der Waals surface area contributed by atoms with Gasteiger partial charge in [-0.25, -0.2) is 0 Å². The molecule has 12 N–H and O–H groups in total. The fourth-order valence-corrected chi connectivity index (χ4v) is 10.6. The van der Waals surface area contributed by atoms with E-state index < -0.39 is 124 Å². The van der Waals surface area contributed by atoms with Crippen LogP contribution in [-0.4, -0.2) is 193 Å². The van der Waals surface area contributed by atoms with Gasteiger partial charge >= 0.3 is 0 Å². The molecule has 79 heavy (non-hydrogen) atoms. The Labute approximate surface area is 473 Å². The molecule has 0 radical (unpaired) electrons. The third kappa shape index (κ3) is 27.7. The molecule has 17 unspecified atom stereocenters.